The predicted molar refractivity (Wildman–Crippen MR) is 57.0 cm³/mol. The maximum atomic E-state index is 10.7. The minimum Gasteiger partial charge on any atom is -0.395 e. The third kappa shape index (κ3) is 3.81. The Balaban J connectivity index is 2.53. The van der Waals surface area contributed by atoms with Gasteiger partial charge in [0.05, 0.1) is 6.61 Å². The highest BCUT2D eigenvalue weighted by molar-refractivity contribution is 8.00. The zero-order chi connectivity index (χ0) is 10.4. The summed E-state index contributed by atoms with van der Waals surface area (Å²) in [5.41, 5.74) is 5.06. The lowest BCUT2D eigenvalue weighted by molar-refractivity contribution is -0.118. The molecular weight excluding hydrogens is 198 g/mol. The highest BCUT2D eigenvalue weighted by Gasteiger charge is 2.11. The van der Waals surface area contributed by atoms with Crippen LogP contribution in [0.25, 0.3) is 0 Å². The number of benzene rings is 1. The van der Waals surface area contributed by atoms with Crippen molar-refractivity contribution in [3.05, 3.63) is 30.3 Å². The fourth-order valence-electron chi connectivity index (χ4n) is 1.06. The van der Waals surface area contributed by atoms with Gasteiger partial charge in [0.25, 0.3) is 0 Å². The van der Waals surface area contributed by atoms with E-state index in [0.29, 0.717) is 0 Å². The van der Waals surface area contributed by atoms with Crippen molar-refractivity contribution >= 4 is 17.7 Å². The van der Waals surface area contributed by atoms with E-state index >= 15 is 0 Å². The van der Waals surface area contributed by atoms with Crippen molar-refractivity contribution in [3.63, 3.8) is 0 Å². The number of hydrogen-bond donors (Lipinski definition) is 2. The molecule has 0 aliphatic rings. The molecule has 0 saturated carbocycles. The Morgan fingerprint density at radius 1 is 1.43 bits per heavy atom. The maximum absolute atomic E-state index is 10.7. The fourth-order valence-corrected chi connectivity index (χ4v) is 2.08. The number of rotatable bonds is 5. The minimum atomic E-state index is -0.382. The van der Waals surface area contributed by atoms with Gasteiger partial charge in [-0.2, -0.15) is 0 Å². The number of thioether (sulfide) groups is 1. The second kappa shape index (κ2) is 5.67. The molecule has 14 heavy (non-hydrogen) atoms. The van der Waals surface area contributed by atoms with Crippen LogP contribution >= 0.6 is 11.8 Å². The highest BCUT2D eigenvalue weighted by atomic mass is 32.2. The molecular formula is C10H13NO2S. The summed E-state index contributed by atoms with van der Waals surface area (Å²) in [6, 6.07) is 9.64. The first-order valence-corrected chi connectivity index (χ1v) is 5.21. The molecule has 0 aromatic heterocycles. The van der Waals surface area contributed by atoms with Crippen molar-refractivity contribution in [3.8, 4) is 0 Å². The summed E-state index contributed by atoms with van der Waals surface area (Å²) >= 11 is 1.47. The Morgan fingerprint density at radius 3 is 2.57 bits per heavy atom. The van der Waals surface area contributed by atoms with Crippen LogP contribution in [-0.4, -0.2) is 22.9 Å². The number of hydrogen-bond acceptors (Lipinski definition) is 3. The Bertz CT molecular complexity index is 289. The van der Waals surface area contributed by atoms with Gasteiger partial charge in [-0.25, -0.2) is 0 Å². The number of carbonyl (C=O) groups excluding carboxylic acids is 1. The molecule has 0 saturated heterocycles. The van der Waals surface area contributed by atoms with Crippen molar-refractivity contribution in [2.24, 2.45) is 5.73 Å². The molecule has 3 N–H and O–H groups in total. The number of primary amides is 1. The molecule has 76 valence electrons. The summed E-state index contributed by atoms with van der Waals surface area (Å²) in [4.78, 5) is 11.7. The summed E-state index contributed by atoms with van der Waals surface area (Å²) in [5.74, 6) is -0.382. The fraction of sp³-hybridized carbons (Fsp3) is 0.300. The van der Waals surface area contributed by atoms with Crippen LogP contribution in [0, 0.1) is 0 Å². The zero-order valence-electron chi connectivity index (χ0n) is 7.72. The van der Waals surface area contributed by atoms with Crippen LogP contribution in [0.15, 0.2) is 35.2 Å². The largest absolute Gasteiger partial charge is 0.395 e. The van der Waals surface area contributed by atoms with Crippen LogP contribution in [0.2, 0.25) is 0 Å². The van der Waals surface area contributed by atoms with Gasteiger partial charge in [-0.3, -0.25) is 4.79 Å². The molecule has 0 fully saturated rings. The molecule has 0 aliphatic carbocycles. The first kappa shape index (κ1) is 11.1. The molecule has 1 aromatic carbocycles. The Kier molecular flexibility index (Phi) is 4.49. The van der Waals surface area contributed by atoms with Crippen LogP contribution in [0.3, 0.4) is 0 Å². The normalized spacial score (nSPS) is 12.4. The lowest BCUT2D eigenvalue weighted by atomic mass is 10.3. The molecule has 0 bridgehead atoms. The lowest BCUT2D eigenvalue weighted by Gasteiger charge is -2.11. The number of aliphatic hydroxyl groups is 1. The SMILES string of the molecule is NC(=O)CC(CO)Sc1ccccc1. The first-order chi connectivity index (χ1) is 6.72. The second-order valence-electron chi connectivity index (χ2n) is 2.91. The van der Waals surface area contributed by atoms with Crippen LogP contribution in [0.5, 0.6) is 0 Å². The maximum Gasteiger partial charge on any atom is 0.218 e. The topological polar surface area (TPSA) is 63.3 Å². The number of amides is 1. The molecule has 1 amide bonds. The summed E-state index contributed by atoms with van der Waals surface area (Å²) in [5, 5.41) is 8.86. The van der Waals surface area contributed by atoms with E-state index in [4.69, 9.17) is 10.8 Å². The predicted octanol–water partition coefficient (Wildman–Crippen LogP) is 1.01. The highest BCUT2D eigenvalue weighted by Crippen LogP contribution is 2.24. The molecule has 1 atom stereocenters. The van der Waals surface area contributed by atoms with Gasteiger partial charge < -0.3 is 10.8 Å². The van der Waals surface area contributed by atoms with E-state index in [1.165, 1.54) is 11.8 Å². The van der Waals surface area contributed by atoms with E-state index in [2.05, 4.69) is 0 Å². The molecule has 1 aromatic rings. The van der Waals surface area contributed by atoms with Gasteiger partial charge >= 0.3 is 0 Å². The first-order valence-electron chi connectivity index (χ1n) is 4.33. The van der Waals surface area contributed by atoms with Crippen molar-refractivity contribution in [1.82, 2.24) is 0 Å². The Hall–Kier alpha value is -1.00. The third-order valence-corrected chi connectivity index (χ3v) is 2.87. The molecule has 0 spiro atoms. The molecule has 3 nitrogen and oxygen atoms in total. The van der Waals surface area contributed by atoms with E-state index in [-0.39, 0.29) is 24.2 Å². The summed E-state index contributed by atoms with van der Waals surface area (Å²) in [6.45, 7) is -0.0392. The molecule has 1 rings (SSSR count). The van der Waals surface area contributed by atoms with Gasteiger partial charge in [0.15, 0.2) is 0 Å². The van der Waals surface area contributed by atoms with Crippen LogP contribution in [0.1, 0.15) is 6.42 Å². The zero-order valence-corrected chi connectivity index (χ0v) is 8.54. The second-order valence-corrected chi connectivity index (χ2v) is 4.28. The van der Waals surface area contributed by atoms with E-state index < -0.39 is 0 Å². The van der Waals surface area contributed by atoms with Gasteiger partial charge in [0.1, 0.15) is 0 Å². The van der Waals surface area contributed by atoms with Crippen molar-refractivity contribution in [2.75, 3.05) is 6.61 Å². The third-order valence-electron chi connectivity index (χ3n) is 1.68. The summed E-state index contributed by atoms with van der Waals surface area (Å²) in [7, 11) is 0. The van der Waals surface area contributed by atoms with Gasteiger partial charge in [0.2, 0.25) is 5.91 Å². The van der Waals surface area contributed by atoms with Crippen LogP contribution in [0.4, 0.5) is 0 Å². The number of nitrogens with two attached hydrogens (primary N) is 1. The van der Waals surface area contributed by atoms with Gasteiger partial charge in [0, 0.05) is 16.6 Å². The van der Waals surface area contributed by atoms with E-state index in [1.807, 2.05) is 30.3 Å². The van der Waals surface area contributed by atoms with Crippen molar-refractivity contribution < 1.29 is 9.90 Å². The quantitative estimate of drug-likeness (QED) is 0.715. The van der Waals surface area contributed by atoms with Crippen molar-refractivity contribution in [2.45, 2.75) is 16.6 Å². The van der Waals surface area contributed by atoms with E-state index in [1.54, 1.807) is 0 Å². The van der Waals surface area contributed by atoms with E-state index in [9.17, 15) is 4.79 Å². The minimum absolute atomic E-state index is 0.0392. The summed E-state index contributed by atoms with van der Waals surface area (Å²) < 4.78 is 0. The summed E-state index contributed by atoms with van der Waals surface area (Å²) in [6.07, 6.45) is 0.204. The van der Waals surface area contributed by atoms with Gasteiger partial charge in [-0.1, -0.05) is 18.2 Å². The van der Waals surface area contributed by atoms with Gasteiger partial charge in [-0.05, 0) is 12.1 Å². The average Bonchev–Trinajstić information content (AvgIpc) is 2.17. The number of aliphatic hydroxyl groups excluding tert-OH is 1. The standard InChI is InChI=1S/C10H13NO2S/c11-10(13)6-9(7-12)14-8-4-2-1-3-5-8/h1-5,9,12H,6-7H2,(H2,11,13). The molecule has 0 radical (unpaired) electrons. The smallest absolute Gasteiger partial charge is 0.218 e. The van der Waals surface area contributed by atoms with Crippen LogP contribution in [-0.2, 0) is 4.79 Å². The molecule has 0 heterocycles. The molecule has 4 heteroatoms. The monoisotopic (exact) mass is 211 g/mol. The average molecular weight is 211 g/mol. The molecule has 0 aliphatic heterocycles. The Labute approximate surface area is 87.3 Å². The van der Waals surface area contributed by atoms with E-state index in [0.717, 1.165) is 4.90 Å². The van der Waals surface area contributed by atoms with Gasteiger partial charge in [-0.15, -0.1) is 11.8 Å². The molecule has 1 unspecified atom stereocenters. The Morgan fingerprint density at radius 2 is 2.07 bits per heavy atom. The number of carbonyl (C=O) groups is 1. The lowest BCUT2D eigenvalue weighted by Crippen LogP contribution is -2.20. The van der Waals surface area contributed by atoms with Crippen molar-refractivity contribution in [1.29, 1.82) is 0 Å². The van der Waals surface area contributed by atoms with Crippen LogP contribution < -0.4 is 5.73 Å².